The van der Waals surface area contributed by atoms with Crippen LogP contribution >= 0.6 is 0 Å². The quantitative estimate of drug-likeness (QED) is 0.935. The number of hydrogen-bond acceptors (Lipinski definition) is 5. The normalized spacial score (nSPS) is 12.1. The maximum atomic E-state index is 12.7. The number of hydrogen-bond donors (Lipinski definition) is 1. The average Bonchev–Trinajstić information content (AvgIpc) is 2.61. The van der Waals surface area contributed by atoms with Gasteiger partial charge in [-0.2, -0.15) is 5.26 Å². The molecule has 0 fully saturated rings. The standard InChI is InChI=1S/C18H18N2O4/c1-4-11-17(21)13(9-19)16-12-8-15(24-3)14(23-2)7-10(12)5-6-20(16)18(11)22/h7-8,21H,4-6H2,1-3H3. The Kier molecular flexibility index (Phi) is 3.94. The first-order valence-corrected chi connectivity index (χ1v) is 7.71. The molecule has 0 saturated heterocycles. The zero-order valence-corrected chi connectivity index (χ0v) is 13.8. The van der Waals surface area contributed by atoms with Gasteiger partial charge in [-0.3, -0.25) is 4.79 Å². The number of methoxy groups -OCH3 is 2. The van der Waals surface area contributed by atoms with Crippen molar-refractivity contribution in [2.24, 2.45) is 0 Å². The van der Waals surface area contributed by atoms with E-state index in [2.05, 4.69) is 6.07 Å². The molecule has 0 radical (unpaired) electrons. The van der Waals surface area contributed by atoms with Gasteiger partial charge in [0.05, 0.1) is 25.5 Å². The summed E-state index contributed by atoms with van der Waals surface area (Å²) in [4.78, 5) is 12.7. The lowest BCUT2D eigenvalue weighted by Gasteiger charge is -2.25. The van der Waals surface area contributed by atoms with E-state index < -0.39 is 0 Å². The number of nitriles is 1. The minimum atomic E-state index is -0.246. The van der Waals surface area contributed by atoms with Crippen molar-refractivity contribution in [2.45, 2.75) is 26.3 Å². The van der Waals surface area contributed by atoms with Gasteiger partial charge in [-0.05, 0) is 30.5 Å². The first-order chi connectivity index (χ1) is 11.6. The number of fused-ring (bicyclic) bond motifs is 3. The Balaban J connectivity index is 2.41. The number of rotatable bonds is 3. The van der Waals surface area contributed by atoms with Crippen LogP contribution < -0.4 is 15.0 Å². The molecule has 0 saturated carbocycles. The molecule has 0 unspecified atom stereocenters. The van der Waals surface area contributed by atoms with Crippen LogP contribution in [0.3, 0.4) is 0 Å². The third kappa shape index (κ3) is 2.13. The number of pyridine rings is 1. The average molecular weight is 326 g/mol. The molecule has 0 atom stereocenters. The maximum Gasteiger partial charge on any atom is 0.258 e. The van der Waals surface area contributed by atoms with Gasteiger partial charge in [-0.1, -0.05) is 6.92 Å². The summed E-state index contributed by atoms with van der Waals surface area (Å²) in [6, 6.07) is 5.66. The third-order valence-corrected chi connectivity index (χ3v) is 4.47. The fourth-order valence-electron chi connectivity index (χ4n) is 3.26. The molecule has 24 heavy (non-hydrogen) atoms. The van der Waals surface area contributed by atoms with Crippen LogP contribution in [0.1, 0.15) is 23.6 Å². The van der Waals surface area contributed by atoms with Crippen LogP contribution in [0.25, 0.3) is 11.3 Å². The predicted octanol–water partition coefficient (Wildman–Crippen LogP) is 2.23. The first-order valence-electron chi connectivity index (χ1n) is 7.71. The summed E-state index contributed by atoms with van der Waals surface area (Å²) >= 11 is 0. The molecule has 1 aromatic heterocycles. The van der Waals surface area contributed by atoms with Gasteiger partial charge >= 0.3 is 0 Å². The van der Waals surface area contributed by atoms with Gasteiger partial charge in [0.25, 0.3) is 5.56 Å². The van der Waals surface area contributed by atoms with Crippen LogP contribution in [0.15, 0.2) is 16.9 Å². The summed E-state index contributed by atoms with van der Waals surface area (Å²) in [5.41, 5.74) is 2.26. The lowest BCUT2D eigenvalue weighted by molar-refractivity contribution is 0.354. The minimum Gasteiger partial charge on any atom is -0.506 e. The number of ether oxygens (including phenoxy) is 2. The summed E-state index contributed by atoms with van der Waals surface area (Å²) in [5, 5.41) is 19.9. The van der Waals surface area contributed by atoms with E-state index in [1.807, 2.05) is 6.07 Å². The van der Waals surface area contributed by atoms with Crippen molar-refractivity contribution >= 4 is 0 Å². The fourth-order valence-corrected chi connectivity index (χ4v) is 3.26. The summed E-state index contributed by atoms with van der Waals surface area (Å²) in [5.74, 6) is 0.888. The molecule has 0 bridgehead atoms. The van der Waals surface area contributed by atoms with Crippen molar-refractivity contribution in [1.29, 1.82) is 5.26 Å². The number of aromatic hydroxyl groups is 1. The second kappa shape index (κ2) is 5.93. The van der Waals surface area contributed by atoms with Gasteiger partial charge in [0.1, 0.15) is 17.4 Å². The smallest absolute Gasteiger partial charge is 0.258 e. The molecular formula is C18H18N2O4. The molecule has 6 nitrogen and oxygen atoms in total. The minimum absolute atomic E-state index is 0.125. The molecule has 6 heteroatoms. The molecule has 1 aliphatic rings. The van der Waals surface area contributed by atoms with E-state index in [1.54, 1.807) is 24.7 Å². The zero-order valence-electron chi connectivity index (χ0n) is 13.8. The van der Waals surface area contributed by atoms with Crippen molar-refractivity contribution in [2.75, 3.05) is 14.2 Å². The molecule has 1 N–H and O–H groups in total. The summed E-state index contributed by atoms with van der Waals surface area (Å²) < 4.78 is 12.2. The molecule has 0 amide bonds. The van der Waals surface area contributed by atoms with Crippen LogP contribution in [-0.2, 0) is 19.4 Å². The van der Waals surface area contributed by atoms with Gasteiger partial charge in [-0.25, -0.2) is 0 Å². The van der Waals surface area contributed by atoms with Crippen molar-refractivity contribution in [3.63, 3.8) is 0 Å². The SMILES string of the molecule is CCc1c(O)c(C#N)c2n(c1=O)CCc1cc(OC)c(OC)cc1-2. The van der Waals surface area contributed by atoms with Crippen molar-refractivity contribution in [3.8, 4) is 34.6 Å². The Morgan fingerprint density at radius 1 is 1.29 bits per heavy atom. The van der Waals surface area contributed by atoms with E-state index in [9.17, 15) is 15.2 Å². The lowest BCUT2D eigenvalue weighted by atomic mass is 9.92. The van der Waals surface area contributed by atoms with Gasteiger partial charge < -0.3 is 19.1 Å². The lowest BCUT2D eigenvalue weighted by Crippen LogP contribution is -2.29. The second-order valence-electron chi connectivity index (χ2n) is 5.59. The van der Waals surface area contributed by atoms with E-state index in [0.29, 0.717) is 42.1 Å². The van der Waals surface area contributed by atoms with Crippen molar-refractivity contribution in [3.05, 3.63) is 39.2 Å². The van der Waals surface area contributed by atoms with Crippen molar-refractivity contribution < 1.29 is 14.6 Å². The third-order valence-electron chi connectivity index (χ3n) is 4.47. The number of nitrogens with zero attached hydrogens (tertiary/aromatic N) is 2. The zero-order chi connectivity index (χ0) is 17.4. The van der Waals surface area contributed by atoms with E-state index in [-0.39, 0.29) is 22.4 Å². The topological polar surface area (TPSA) is 84.5 Å². The summed E-state index contributed by atoms with van der Waals surface area (Å²) in [7, 11) is 3.09. The van der Waals surface area contributed by atoms with E-state index in [0.717, 1.165) is 5.56 Å². The van der Waals surface area contributed by atoms with Crippen LogP contribution in [0.2, 0.25) is 0 Å². The molecule has 1 aromatic carbocycles. The van der Waals surface area contributed by atoms with Crippen molar-refractivity contribution in [1.82, 2.24) is 4.57 Å². The maximum absolute atomic E-state index is 12.7. The van der Waals surface area contributed by atoms with E-state index in [1.165, 1.54) is 7.11 Å². The Hall–Kier alpha value is -2.94. The van der Waals surface area contributed by atoms with Gasteiger partial charge in [0.15, 0.2) is 11.5 Å². The van der Waals surface area contributed by atoms with Gasteiger partial charge in [0, 0.05) is 12.1 Å². The number of benzene rings is 1. The Morgan fingerprint density at radius 2 is 1.96 bits per heavy atom. The predicted molar refractivity (Wildman–Crippen MR) is 88.7 cm³/mol. The molecule has 2 heterocycles. The Morgan fingerprint density at radius 3 is 2.54 bits per heavy atom. The highest BCUT2D eigenvalue weighted by Gasteiger charge is 2.27. The largest absolute Gasteiger partial charge is 0.506 e. The number of aromatic nitrogens is 1. The molecular weight excluding hydrogens is 308 g/mol. The molecule has 1 aliphatic heterocycles. The molecule has 0 spiro atoms. The Labute approximate surface area is 139 Å². The van der Waals surface area contributed by atoms with Crippen LogP contribution in [0, 0.1) is 11.3 Å². The highest BCUT2D eigenvalue weighted by Crippen LogP contribution is 2.41. The van der Waals surface area contributed by atoms with Crippen LogP contribution in [0.5, 0.6) is 17.2 Å². The van der Waals surface area contributed by atoms with Gasteiger partial charge in [-0.15, -0.1) is 0 Å². The monoisotopic (exact) mass is 326 g/mol. The van der Waals surface area contributed by atoms with Crippen LogP contribution in [-0.4, -0.2) is 23.9 Å². The highest BCUT2D eigenvalue weighted by molar-refractivity contribution is 5.77. The first kappa shape index (κ1) is 15.9. The number of aryl methyl sites for hydroxylation is 1. The highest BCUT2D eigenvalue weighted by atomic mass is 16.5. The molecule has 2 aromatic rings. The van der Waals surface area contributed by atoms with E-state index >= 15 is 0 Å². The summed E-state index contributed by atoms with van der Waals surface area (Å²) in [6.07, 6.45) is 1.01. The van der Waals surface area contributed by atoms with E-state index in [4.69, 9.17) is 9.47 Å². The van der Waals surface area contributed by atoms with Gasteiger partial charge in [0.2, 0.25) is 0 Å². The molecule has 124 valence electrons. The summed E-state index contributed by atoms with van der Waals surface area (Å²) in [6.45, 7) is 2.24. The van der Waals surface area contributed by atoms with Crippen LogP contribution in [0.4, 0.5) is 0 Å². The fraction of sp³-hybridized carbons (Fsp3) is 0.333. The second-order valence-corrected chi connectivity index (χ2v) is 5.59. The Bertz CT molecular complexity index is 922. The molecule has 0 aliphatic carbocycles. The molecule has 3 rings (SSSR count).